The molecule has 152 valence electrons. The van der Waals surface area contributed by atoms with Crippen LogP contribution in [0.2, 0.25) is 0 Å². The van der Waals surface area contributed by atoms with Gasteiger partial charge in [-0.25, -0.2) is 0 Å². The van der Waals surface area contributed by atoms with Gasteiger partial charge in [0.25, 0.3) is 0 Å². The van der Waals surface area contributed by atoms with Gasteiger partial charge in [0.05, 0.1) is 6.54 Å². The number of hydrogen-bond acceptors (Lipinski definition) is 4. The lowest BCUT2D eigenvalue weighted by molar-refractivity contribution is 0.155. The first-order chi connectivity index (χ1) is 13.2. The number of guanidine groups is 1. The van der Waals surface area contributed by atoms with Crippen molar-refractivity contribution in [3.8, 4) is 0 Å². The molecule has 2 rings (SSSR count). The molecule has 1 aliphatic rings. The van der Waals surface area contributed by atoms with Gasteiger partial charge in [-0.15, -0.1) is 11.8 Å². The molecule has 0 saturated carbocycles. The van der Waals surface area contributed by atoms with Crippen LogP contribution in [0.5, 0.6) is 0 Å². The summed E-state index contributed by atoms with van der Waals surface area (Å²) in [6.07, 6.45) is 3.47. The molecule has 5 nitrogen and oxygen atoms in total. The van der Waals surface area contributed by atoms with Crippen LogP contribution < -0.4 is 10.6 Å². The van der Waals surface area contributed by atoms with Crippen LogP contribution in [0.3, 0.4) is 0 Å². The van der Waals surface area contributed by atoms with Gasteiger partial charge >= 0.3 is 0 Å². The van der Waals surface area contributed by atoms with Gasteiger partial charge < -0.3 is 20.3 Å². The molecule has 6 heteroatoms. The van der Waals surface area contributed by atoms with Crippen molar-refractivity contribution in [2.75, 3.05) is 46.4 Å². The molecular formula is C21H36N4OS. The molecule has 0 bridgehead atoms. The van der Waals surface area contributed by atoms with E-state index in [4.69, 9.17) is 9.73 Å². The number of hydrogen-bond donors (Lipinski definition) is 2. The number of aliphatic imine (C=N–C) groups is 1. The van der Waals surface area contributed by atoms with E-state index in [0.717, 1.165) is 51.7 Å². The number of nitrogens with one attached hydrogen (secondary N) is 2. The predicted molar refractivity (Wildman–Crippen MR) is 117 cm³/mol. The van der Waals surface area contributed by atoms with Crippen molar-refractivity contribution in [3.05, 3.63) is 30.3 Å². The number of rotatable bonds is 10. The predicted octanol–water partition coefficient (Wildman–Crippen LogP) is 3.22. The smallest absolute Gasteiger partial charge is 0.191 e. The molecule has 1 aliphatic heterocycles. The van der Waals surface area contributed by atoms with E-state index >= 15 is 0 Å². The third-order valence-electron chi connectivity index (χ3n) is 4.68. The van der Waals surface area contributed by atoms with Gasteiger partial charge in [-0.1, -0.05) is 25.1 Å². The Kier molecular flexibility index (Phi) is 10.6. The quantitative estimate of drug-likeness (QED) is 0.277. The number of thioether (sulfide) groups is 1. The van der Waals surface area contributed by atoms with Crippen molar-refractivity contribution in [2.45, 2.75) is 49.3 Å². The molecule has 0 spiro atoms. The Labute approximate surface area is 169 Å². The third kappa shape index (κ3) is 9.00. The van der Waals surface area contributed by atoms with Crippen LogP contribution in [0.1, 0.15) is 33.1 Å². The Morgan fingerprint density at radius 1 is 1.30 bits per heavy atom. The molecule has 2 N–H and O–H groups in total. The first kappa shape index (κ1) is 22.1. The fraction of sp³-hybridized carbons (Fsp3) is 0.667. The molecule has 1 unspecified atom stereocenters. The molecule has 0 aromatic heterocycles. The first-order valence-electron chi connectivity index (χ1n) is 10.2. The lowest BCUT2D eigenvalue weighted by atomic mass is 10.1. The molecule has 0 radical (unpaired) electrons. The standard InChI is InChI=1S/C21H36N4OS/c1-4-22-21(23-17-18(2)27-20-9-6-5-7-10-20)24-19-11-14-25(15-12-19)13-8-16-26-3/h5-7,9-10,18-19H,4,8,11-17H2,1-3H3,(H2,22,23,24). The monoisotopic (exact) mass is 392 g/mol. The highest BCUT2D eigenvalue weighted by Crippen LogP contribution is 2.22. The second-order valence-corrected chi connectivity index (χ2v) is 8.58. The average molecular weight is 393 g/mol. The summed E-state index contributed by atoms with van der Waals surface area (Å²) in [6, 6.07) is 11.1. The summed E-state index contributed by atoms with van der Waals surface area (Å²) >= 11 is 1.88. The Balaban J connectivity index is 1.75. The van der Waals surface area contributed by atoms with E-state index in [1.54, 1.807) is 7.11 Å². The number of piperidine rings is 1. The van der Waals surface area contributed by atoms with Gasteiger partial charge in [0.15, 0.2) is 5.96 Å². The summed E-state index contributed by atoms with van der Waals surface area (Å²) in [5, 5.41) is 7.49. The highest BCUT2D eigenvalue weighted by Gasteiger charge is 2.19. The lowest BCUT2D eigenvalue weighted by Gasteiger charge is -2.33. The van der Waals surface area contributed by atoms with E-state index in [1.165, 1.54) is 17.7 Å². The maximum Gasteiger partial charge on any atom is 0.191 e. The minimum atomic E-state index is 0.450. The Hall–Kier alpha value is -1.24. The van der Waals surface area contributed by atoms with Gasteiger partial charge in [0.2, 0.25) is 0 Å². The summed E-state index contributed by atoms with van der Waals surface area (Å²) < 4.78 is 5.15. The minimum absolute atomic E-state index is 0.450. The Morgan fingerprint density at radius 3 is 2.70 bits per heavy atom. The van der Waals surface area contributed by atoms with E-state index in [9.17, 15) is 0 Å². The zero-order valence-electron chi connectivity index (χ0n) is 17.1. The lowest BCUT2D eigenvalue weighted by Crippen LogP contribution is -2.49. The zero-order valence-corrected chi connectivity index (χ0v) is 17.9. The minimum Gasteiger partial charge on any atom is -0.385 e. The van der Waals surface area contributed by atoms with Crippen LogP contribution in [0.15, 0.2) is 40.2 Å². The number of ether oxygens (including phenoxy) is 1. The van der Waals surface area contributed by atoms with E-state index in [0.29, 0.717) is 11.3 Å². The van der Waals surface area contributed by atoms with Crippen LogP contribution in [-0.4, -0.2) is 68.6 Å². The topological polar surface area (TPSA) is 48.9 Å². The van der Waals surface area contributed by atoms with Crippen LogP contribution in [-0.2, 0) is 4.74 Å². The molecule has 0 amide bonds. The fourth-order valence-electron chi connectivity index (χ4n) is 3.24. The van der Waals surface area contributed by atoms with Crippen molar-refractivity contribution in [2.24, 2.45) is 4.99 Å². The average Bonchev–Trinajstić information content (AvgIpc) is 2.69. The highest BCUT2D eigenvalue weighted by atomic mass is 32.2. The van der Waals surface area contributed by atoms with E-state index in [-0.39, 0.29) is 0 Å². The molecule has 27 heavy (non-hydrogen) atoms. The van der Waals surface area contributed by atoms with Gasteiger partial charge in [0.1, 0.15) is 0 Å². The summed E-state index contributed by atoms with van der Waals surface area (Å²) in [6.45, 7) is 10.4. The second-order valence-electron chi connectivity index (χ2n) is 7.07. The van der Waals surface area contributed by atoms with Crippen molar-refractivity contribution in [1.29, 1.82) is 0 Å². The van der Waals surface area contributed by atoms with Gasteiger partial charge in [0, 0.05) is 56.1 Å². The van der Waals surface area contributed by atoms with Gasteiger partial charge in [-0.3, -0.25) is 4.99 Å². The molecule has 0 aliphatic carbocycles. The first-order valence-corrected chi connectivity index (χ1v) is 11.1. The molecule has 1 heterocycles. The Morgan fingerprint density at radius 2 is 2.04 bits per heavy atom. The van der Waals surface area contributed by atoms with Crippen molar-refractivity contribution >= 4 is 17.7 Å². The summed E-state index contributed by atoms with van der Waals surface area (Å²) in [5.74, 6) is 0.954. The van der Waals surface area contributed by atoms with E-state index in [1.807, 2.05) is 11.8 Å². The fourth-order valence-corrected chi connectivity index (χ4v) is 4.16. The van der Waals surface area contributed by atoms with Crippen LogP contribution in [0.4, 0.5) is 0 Å². The normalized spacial score (nSPS) is 17.7. The Bertz CT molecular complexity index is 532. The van der Waals surface area contributed by atoms with Crippen LogP contribution >= 0.6 is 11.8 Å². The largest absolute Gasteiger partial charge is 0.385 e. The van der Waals surface area contributed by atoms with E-state index < -0.39 is 0 Å². The highest BCUT2D eigenvalue weighted by molar-refractivity contribution is 8.00. The molecule has 1 aromatic carbocycles. The zero-order chi connectivity index (χ0) is 19.3. The molecule has 1 atom stereocenters. The summed E-state index contributed by atoms with van der Waals surface area (Å²) in [4.78, 5) is 8.67. The van der Waals surface area contributed by atoms with Gasteiger partial charge in [-0.2, -0.15) is 0 Å². The number of benzene rings is 1. The summed E-state index contributed by atoms with van der Waals surface area (Å²) in [5.41, 5.74) is 0. The van der Waals surface area contributed by atoms with E-state index in [2.05, 4.69) is 59.7 Å². The maximum absolute atomic E-state index is 5.15. The van der Waals surface area contributed by atoms with Crippen LogP contribution in [0, 0.1) is 0 Å². The maximum atomic E-state index is 5.15. The molecule has 1 fully saturated rings. The van der Waals surface area contributed by atoms with Crippen molar-refractivity contribution in [1.82, 2.24) is 15.5 Å². The number of likely N-dealkylation sites (tertiary alicyclic amines) is 1. The molecule has 1 aromatic rings. The second kappa shape index (κ2) is 13.0. The molecular weight excluding hydrogens is 356 g/mol. The number of methoxy groups -OCH3 is 1. The SMILES string of the molecule is CCNC(=NCC(C)Sc1ccccc1)NC1CCN(CCCOC)CC1. The van der Waals surface area contributed by atoms with Crippen molar-refractivity contribution < 1.29 is 4.74 Å². The van der Waals surface area contributed by atoms with Crippen LogP contribution in [0.25, 0.3) is 0 Å². The molecule has 1 saturated heterocycles. The number of nitrogens with zero attached hydrogens (tertiary/aromatic N) is 2. The van der Waals surface area contributed by atoms with Gasteiger partial charge in [-0.05, 0) is 38.3 Å². The third-order valence-corrected chi connectivity index (χ3v) is 5.78. The van der Waals surface area contributed by atoms with Crippen molar-refractivity contribution in [3.63, 3.8) is 0 Å². The summed E-state index contributed by atoms with van der Waals surface area (Å²) in [7, 11) is 1.77.